The largest absolute Gasteiger partial charge is 0.380 e. The van der Waals surface area contributed by atoms with Crippen LogP contribution in [0.5, 0.6) is 0 Å². The van der Waals surface area contributed by atoms with Crippen molar-refractivity contribution in [2.75, 3.05) is 26.0 Å². The molecule has 8 nitrogen and oxygen atoms in total. The van der Waals surface area contributed by atoms with Crippen molar-refractivity contribution in [3.05, 3.63) is 27.9 Å². The number of hydrogen-bond acceptors (Lipinski definition) is 6. The third kappa shape index (κ3) is 3.88. The average molecular weight is 268 g/mol. The van der Waals surface area contributed by atoms with Gasteiger partial charge in [0, 0.05) is 26.8 Å². The molecule has 2 N–H and O–H groups in total. The van der Waals surface area contributed by atoms with Crippen molar-refractivity contribution in [1.29, 1.82) is 0 Å². The van der Waals surface area contributed by atoms with E-state index in [2.05, 4.69) is 15.6 Å². The second-order valence-electron chi connectivity index (χ2n) is 3.85. The van der Waals surface area contributed by atoms with Crippen LogP contribution in [0, 0.1) is 10.1 Å². The van der Waals surface area contributed by atoms with E-state index in [4.69, 9.17) is 4.74 Å². The molecule has 0 aliphatic heterocycles. The van der Waals surface area contributed by atoms with Crippen LogP contribution in [0.4, 0.5) is 11.5 Å². The van der Waals surface area contributed by atoms with Gasteiger partial charge in [-0.25, -0.2) is 4.98 Å². The number of rotatable bonds is 6. The van der Waals surface area contributed by atoms with Gasteiger partial charge in [-0.3, -0.25) is 14.9 Å². The van der Waals surface area contributed by atoms with Gasteiger partial charge in [-0.1, -0.05) is 0 Å². The highest BCUT2D eigenvalue weighted by atomic mass is 16.6. The fraction of sp³-hybridized carbons (Fsp3) is 0.455. The molecule has 0 aliphatic carbocycles. The number of pyridine rings is 1. The molecule has 8 heteroatoms. The van der Waals surface area contributed by atoms with Crippen molar-refractivity contribution in [2.45, 2.75) is 13.0 Å². The summed E-state index contributed by atoms with van der Waals surface area (Å²) < 4.78 is 4.99. The number of carbonyl (C=O) groups excluding carboxylic acids is 1. The Hall–Kier alpha value is -2.22. The molecular formula is C11H16N4O4. The monoisotopic (exact) mass is 268 g/mol. The summed E-state index contributed by atoms with van der Waals surface area (Å²) in [4.78, 5) is 26.0. The summed E-state index contributed by atoms with van der Waals surface area (Å²) in [5.74, 6) is -0.148. The smallest absolute Gasteiger partial charge is 0.300 e. The number of anilines is 1. The summed E-state index contributed by atoms with van der Waals surface area (Å²) in [5.41, 5.74) is -0.366. The summed E-state index contributed by atoms with van der Waals surface area (Å²) in [6.45, 7) is 2.05. The van der Waals surface area contributed by atoms with Crippen LogP contribution in [0.25, 0.3) is 0 Å². The first kappa shape index (κ1) is 14.8. The minimum atomic E-state index is -0.638. The van der Waals surface area contributed by atoms with Crippen LogP contribution in [-0.4, -0.2) is 42.6 Å². The molecular weight excluding hydrogens is 252 g/mol. The molecule has 1 aromatic heterocycles. The molecule has 104 valence electrons. The Bertz CT molecular complexity index is 478. The Balaban J connectivity index is 2.95. The van der Waals surface area contributed by atoms with Gasteiger partial charge in [-0.15, -0.1) is 0 Å². The molecule has 0 bridgehead atoms. The lowest BCUT2D eigenvalue weighted by molar-refractivity contribution is -0.385. The summed E-state index contributed by atoms with van der Waals surface area (Å²) in [7, 11) is 3.13. The molecule has 0 fully saturated rings. The maximum Gasteiger partial charge on any atom is 0.300 e. The molecule has 1 aromatic rings. The fourth-order valence-corrected chi connectivity index (χ4v) is 1.33. The van der Waals surface area contributed by atoms with Gasteiger partial charge in [0.2, 0.25) is 0 Å². The second kappa shape index (κ2) is 6.64. The van der Waals surface area contributed by atoms with Gasteiger partial charge < -0.3 is 15.4 Å². The molecule has 19 heavy (non-hydrogen) atoms. The van der Waals surface area contributed by atoms with Crippen molar-refractivity contribution < 1.29 is 14.5 Å². The van der Waals surface area contributed by atoms with Crippen LogP contribution in [0.3, 0.4) is 0 Å². The number of nitrogens with one attached hydrogen (secondary N) is 2. The number of nitrogens with zero attached hydrogens (tertiary/aromatic N) is 2. The van der Waals surface area contributed by atoms with E-state index >= 15 is 0 Å². The number of aromatic nitrogens is 1. The van der Waals surface area contributed by atoms with Crippen molar-refractivity contribution in [1.82, 2.24) is 10.3 Å². The quantitative estimate of drug-likeness (QED) is 0.583. The number of hydrogen-bond donors (Lipinski definition) is 2. The highest BCUT2D eigenvalue weighted by molar-refractivity contribution is 5.98. The van der Waals surface area contributed by atoms with E-state index in [0.717, 1.165) is 6.20 Å². The average Bonchev–Trinajstić information content (AvgIpc) is 2.43. The lowest BCUT2D eigenvalue weighted by atomic mass is 10.2. The Morgan fingerprint density at radius 1 is 1.63 bits per heavy atom. The molecule has 0 saturated carbocycles. The maximum atomic E-state index is 11.9. The number of carbonyl (C=O) groups is 1. The fourth-order valence-electron chi connectivity index (χ4n) is 1.33. The van der Waals surface area contributed by atoms with Crippen LogP contribution < -0.4 is 10.6 Å². The highest BCUT2D eigenvalue weighted by Gasteiger charge is 2.21. The van der Waals surface area contributed by atoms with Gasteiger partial charge in [0.15, 0.2) is 0 Å². The van der Waals surface area contributed by atoms with Gasteiger partial charge >= 0.3 is 0 Å². The molecule has 1 atom stereocenters. The number of nitro groups is 1. The Morgan fingerprint density at radius 2 is 2.32 bits per heavy atom. The van der Waals surface area contributed by atoms with E-state index in [1.807, 2.05) is 0 Å². The predicted molar refractivity (Wildman–Crippen MR) is 69.2 cm³/mol. The summed E-state index contributed by atoms with van der Waals surface area (Å²) in [5, 5.41) is 16.2. The van der Waals surface area contributed by atoms with E-state index in [0.29, 0.717) is 5.82 Å². The van der Waals surface area contributed by atoms with Gasteiger partial charge in [0.05, 0.1) is 11.0 Å². The molecule has 1 heterocycles. The molecule has 0 saturated heterocycles. The molecule has 1 rings (SSSR count). The highest BCUT2D eigenvalue weighted by Crippen LogP contribution is 2.19. The standard InChI is InChI=1S/C11H16N4O4/c1-7(19-3)5-14-11(16)8-4-10(12-2)13-6-9(8)15(17)18/h4,6-7H,5H2,1-3H3,(H,12,13)(H,14,16). The number of amides is 1. The minimum Gasteiger partial charge on any atom is -0.380 e. The van der Waals surface area contributed by atoms with E-state index in [-0.39, 0.29) is 23.9 Å². The van der Waals surface area contributed by atoms with E-state index in [1.165, 1.54) is 13.2 Å². The molecule has 0 spiro atoms. The molecule has 0 aromatic carbocycles. The topological polar surface area (TPSA) is 106 Å². The van der Waals surface area contributed by atoms with Gasteiger partial charge in [-0.2, -0.15) is 0 Å². The zero-order valence-electron chi connectivity index (χ0n) is 11.0. The Labute approximate surface area is 110 Å². The van der Waals surface area contributed by atoms with E-state index in [9.17, 15) is 14.9 Å². The Morgan fingerprint density at radius 3 is 2.84 bits per heavy atom. The van der Waals surface area contributed by atoms with Gasteiger partial charge in [0.25, 0.3) is 11.6 Å². The van der Waals surface area contributed by atoms with Crippen molar-refractivity contribution in [3.8, 4) is 0 Å². The second-order valence-corrected chi connectivity index (χ2v) is 3.85. The van der Waals surface area contributed by atoms with Crippen LogP contribution in [-0.2, 0) is 4.74 Å². The summed E-state index contributed by atoms with van der Waals surface area (Å²) in [6, 6.07) is 1.34. The normalized spacial score (nSPS) is 11.7. The Kier molecular flexibility index (Phi) is 5.19. The maximum absolute atomic E-state index is 11.9. The number of methoxy groups -OCH3 is 1. The third-order valence-electron chi connectivity index (χ3n) is 2.53. The lowest BCUT2D eigenvalue weighted by Crippen LogP contribution is -2.32. The van der Waals surface area contributed by atoms with Gasteiger partial charge in [-0.05, 0) is 6.92 Å². The zero-order chi connectivity index (χ0) is 14.4. The van der Waals surface area contributed by atoms with Crippen molar-refractivity contribution >= 4 is 17.4 Å². The van der Waals surface area contributed by atoms with E-state index < -0.39 is 10.8 Å². The van der Waals surface area contributed by atoms with Crippen LogP contribution in [0.2, 0.25) is 0 Å². The zero-order valence-corrected chi connectivity index (χ0v) is 11.0. The third-order valence-corrected chi connectivity index (χ3v) is 2.53. The van der Waals surface area contributed by atoms with Gasteiger partial charge in [0.1, 0.15) is 17.6 Å². The van der Waals surface area contributed by atoms with Crippen LogP contribution in [0.1, 0.15) is 17.3 Å². The molecule has 0 radical (unpaired) electrons. The molecule has 0 aliphatic rings. The number of ether oxygens (including phenoxy) is 1. The molecule has 1 unspecified atom stereocenters. The summed E-state index contributed by atoms with van der Waals surface area (Å²) in [6.07, 6.45) is 0.883. The lowest BCUT2D eigenvalue weighted by Gasteiger charge is -2.11. The van der Waals surface area contributed by atoms with Crippen LogP contribution in [0.15, 0.2) is 12.3 Å². The molecule has 1 amide bonds. The van der Waals surface area contributed by atoms with Crippen LogP contribution >= 0.6 is 0 Å². The predicted octanol–water partition coefficient (Wildman–Crippen LogP) is 0.796. The SMILES string of the molecule is CNc1cc(C(=O)NCC(C)OC)c([N+](=O)[O-])cn1. The first-order valence-corrected chi connectivity index (χ1v) is 5.62. The first-order valence-electron chi connectivity index (χ1n) is 5.62. The summed E-state index contributed by atoms with van der Waals surface area (Å²) >= 11 is 0. The minimum absolute atomic E-state index is 0.0346. The van der Waals surface area contributed by atoms with Crippen molar-refractivity contribution in [3.63, 3.8) is 0 Å². The first-order chi connectivity index (χ1) is 8.99. The van der Waals surface area contributed by atoms with E-state index in [1.54, 1.807) is 14.0 Å². The van der Waals surface area contributed by atoms with Crippen molar-refractivity contribution in [2.24, 2.45) is 0 Å².